The van der Waals surface area contributed by atoms with Crippen LogP contribution in [0, 0.1) is 0 Å². The molecule has 2 aromatic carbocycles. The van der Waals surface area contributed by atoms with Crippen molar-refractivity contribution >= 4 is 174 Å². The average molecular weight is 889 g/mol. The summed E-state index contributed by atoms with van der Waals surface area (Å²) in [6.07, 6.45) is 17.7. The first-order valence-corrected chi connectivity index (χ1v) is 12.2. The summed E-state index contributed by atoms with van der Waals surface area (Å²) < 4.78 is 0. The molecule has 0 saturated heterocycles. The number of hydrogen-bond acceptors (Lipinski definition) is 2. The molecular weight excluding hydrogens is 844 g/mol. The van der Waals surface area contributed by atoms with Crippen molar-refractivity contribution in [2.45, 2.75) is 104 Å². The van der Waals surface area contributed by atoms with Gasteiger partial charge in [0.25, 0.3) is 0 Å². The molecule has 35 heavy (non-hydrogen) atoms. The van der Waals surface area contributed by atoms with Crippen molar-refractivity contribution in [3.05, 3.63) is 59.7 Å². The van der Waals surface area contributed by atoms with Crippen molar-refractivity contribution in [2.24, 2.45) is 0 Å². The Morgan fingerprint density at radius 2 is 0.743 bits per heavy atom. The number of rotatable bonds is 14. The van der Waals surface area contributed by atoms with Crippen LogP contribution < -0.4 is 0 Å². The zero-order valence-electron chi connectivity index (χ0n) is 22.4. The second-order valence-corrected chi connectivity index (χ2v) is 8.29. The normalized spacial score (nSPS) is 8.97. The Kier molecular flexibility index (Phi) is 48.9. The summed E-state index contributed by atoms with van der Waals surface area (Å²) in [6.45, 7) is 4.48. The summed E-state index contributed by atoms with van der Waals surface area (Å²) in [6, 6.07) is 15.3. The maximum Gasteiger partial charge on any atom is 2.00 e. The second-order valence-electron chi connectivity index (χ2n) is 8.29. The molecule has 0 aliphatic rings. The van der Waals surface area contributed by atoms with Gasteiger partial charge in [-0.25, -0.2) is 0 Å². The van der Waals surface area contributed by atoms with E-state index in [0.29, 0.717) is 11.5 Å². The Morgan fingerprint density at radius 3 is 1.06 bits per heavy atom. The van der Waals surface area contributed by atoms with Gasteiger partial charge in [0.05, 0.1) is 0 Å². The molecule has 0 radical (unpaired) electrons. The van der Waals surface area contributed by atoms with E-state index in [1.54, 1.807) is 12.1 Å². The summed E-state index contributed by atoms with van der Waals surface area (Å²) in [7, 11) is 0. The van der Waals surface area contributed by atoms with Gasteiger partial charge in [0.2, 0.25) is 0 Å². The molecule has 0 aliphatic heterocycles. The van der Waals surface area contributed by atoms with E-state index >= 15 is 0 Å². The van der Waals surface area contributed by atoms with Gasteiger partial charge in [0, 0.05) is 0 Å². The smallest absolute Gasteiger partial charge is 2.00 e. The fourth-order valence-corrected chi connectivity index (χ4v) is 3.64. The molecule has 0 bridgehead atoms. The van der Waals surface area contributed by atoms with Crippen molar-refractivity contribution in [3.63, 3.8) is 0 Å². The van der Waals surface area contributed by atoms with Crippen molar-refractivity contribution in [3.8, 4) is 11.5 Å². The van der Waals surface area contributed by atoms with Crippen molar-refractivity contribution < 1.29 is 10.2 Å². The van der Waals surface area contributed by atoms with Gasteiger partial charge < -0.3 is 37.2 Å². The predicted molar refractivity (Wildman–Crippen MR) is 162 cm³/mol. The van der Waals surface area contributed by atoms with E-state index in [9.17, 15) is 10.2 Å². The average Bonchev–Trinajstić information content (AvgIpc) is 2.76. The van der Waals surface area contributed by atoms with Crippen LogP contribution in [0.25, 0.3) is 0 Å². The van der Waals surface area contributed by atoms with Crippen molar-refractivity contribution in [1.29, 1.82) is 0 Å². The van der Waals surface area contributed by atoms with Gasteiger partial charge in [-0.3, -0.25) is 0 Å². The van der Waals surface area contributed by atoms with Crippen LogP contribution in [0.4, 0.5) is 0 Å². The van der Waals surface area contributed by atoms with Crippen LogP contribution in [0.2, 0.25) is 0 Å². The third-order valence-electron chi connectivity index (χ3n) is 5.58. The zero-order valence-corrected chi connectivity index (χ0v) is 37.3. The molecule has 2 aromatic rings. The largest absolute Gasteiger partial charge is 2.00 e. The first-order valence-electron chi connectivity index (χ1n) is 12.2. The van der Waals surface area contributed by atoms with E-state index in [2.05, 4.69) is 13.8 Å². The minimum atomic E-state index is 0. The first kappa shape index (κ1) is 48.2. The van der Waals surface area contributed by atoms with Crippen LogP contribution in [0.1, 0.15) is 102 Å². The number of unbranched alkanes of at least 4 members (excludes halogenated alkanes) is 10. The molecule has 2 N–H and O–H groups in total. The molecule has 0 aromatic heterocycles. The fourth-order valence-electron chi connectivity index (χ4n) is 3.64. The maximum atomic E-state index is 9.55. The first-order chi connectivity index (χ1) is 14.7. The topological polar surface area (TPSA) is 40.5 Å². The van der Waals surface area contributed by atoms with Gasteiger partial charge in [-0.05, 0) is 48.9 Å². The number of hydrogen-bond donors (Lipinski definition) is 2. The van der Waals surface area contributed by atoms with Gasteiger partial charge in [0.1, 0.15) is 11.5 Å². The molecule has 184 valence electrons. The van der Waals surface area contributed by atoms with Crippen LogP contribution in [0.5, 0.6) is 11.5 Å². The minimum absolute atomic E-state index is 0. The standard InChI is InChI=1S/2C14H22O.3Ba.2S/c2*1-2-3-4-5-6-7-10-13-11-8-9-12-14(13)15;;;;;/h2*8-9,11-12,15H,2-7,10H2,1H3;;;;;/q;;3*+2;2*-2. The Hall–Kier alpha value is 3.45. The quantitative estimate of drug-likeness (QED) is 0.153. The Balaban J connectivity index is -0.000000150. The molecule has 2 nitrogen and oxygen atoms in total. The third-order valence-corrected chi connectivity index (χ3v) is 5.58. The van der Waals surface area contributed by atoms with E-state index in [4.69, 9.17) is 0 Å². The summed E-state index contributed by atoms with van der Waals surface area (Å²) in [4.78, 5) is 0. The molecule has 0 spiro atoms. The zero-order chi connectivity index (χ0) is 21.9. The second kappa shape index (κ2) is 35.5. The molecule has 2 rings (SSSR count). The van der Waals surface area contributed by atoms with Crippen molar-refractivity contribution in [1.82, 2.24) is 0 Å². The van der Waals surface area contributed by atoms with Crippen LogP contribution in [0.15, 0.2) is 48.5 Å². The Labute approximate surface area is 351 Å². The van der Waals surface area contributed by atoms with Gasteiger partial charge >= 0.3 is 147 Å². The number of para-hydroxylation sites is 2. The molecule has 0 unspecified atom stereocenters. The van der Waals surface area contributed by atoms with Crippen molar-refractivity contribution in [2.75, 3.05) is 0 Å². The molecule has 0 amide bonds. The van der Waals surface area contributed by atoms with Crippen LogP contribution in [0.3, 0.4) is 0 Å². The molecule has 0 heterocycles. The van der Waals surface area contributed by atoms with Crippen LogP contribution in [-0.2, 0) is 39.8 Å². The SMILES string of the molecule is CCCCCCCCc1ccccc1O.CCCCCCCCc1ccccc1O.[Ba+2].[Ba+2].[Ba+2].[S-2].[S-2]. The van der Waals surface area contributed by atoms with Crippen LogP contribution in [-0.4, -0.2) is 157 Å². The molecule has 0 aliphatic carbocycles. The minimum Gasteiger partial charge on any atom is -2.00 e. The molecular formula is C28H44Ba3O2S2+2. The fraction of sp³-hybridized carbons (Fsp3) is 0.571. The van der Waals surface area contributed by atoms with E-state index in [0.717, 1.165) is 24.0 Å². The van der Waals surface area contributed by atoms with Crippen LogP contribution >= 0.6 is 0 Å². The summed E-state index contributed by atoms with van der Waals surface area (Å²) in [5.41, 5.74) is 2.18. The number of aryl methyl sites for hydroxylation is 2. The summed E-state index contributed by atoms with van der Waals surface area (Å²) in [5, 5.41) is 19.1. The monoisotopic (exact) mass is 890 g/mol. The van der Waals surface area contributed by atoms with E-state index in [-0.39, 0.29) is 174 Å². The number of benzene rings is 2. The molecule has 0 atom stereocenters. The molecule has 0 fully saturated rings. The van der Waals surface area contributed by atoms with Gasteiger partial charge in [-0.2, -0.15) is 0 Å². The van der Waals surface area contributed by atoms with Gasteiger partial charge in [-0.1, -0.05) is 114 Å². The van der Waals surface area contributed by atoms with Gasteiger partial charge in [0.15, 0.2) is 0 Å². The third kappa shape index (κ3) is 27.4. The van der Waals surface area contributed by atoms with E-state index in [1.807, 2.05) is 36.4 Å². The summed E-state index contributed by atoms with van der Waals surface area (Å²) >= 11 is 0. The molecule has 0 saturated carbocycles. The Morgan fingerprint density at radius 1 is 0.457 bits per heavy atom. The summed E-state index contributed by atoms with van der Waals surface area (Å²) in [5.74, 6) is 0.900. The maximum absolute atomic E-state index is 9.55. The molecule has 7 heteroatoms. The van der Waals surface area contributed by atoms with E-state index < -0.39 is 0 Å². The van der Waals surface area contributed by atoms with Gasteiger partial charge in [-0.15, -0.1) is 0 Å². The number of phenols is 2. The Bertz CT molecular complexity index is 619. The number of phenolic OH excluding ortho intramolecular Hbond substituents is 2. The van der Waals surface area contributed by atoms with E-state index in [1.165, 1.54) is 77.0 Å². The predicted octanol–water partition coefficient (Wildman–Crippen LogP) is 7.44. The number of aromatic hydroxyl groups is 2.